The lowest BCUT2D eigenvalue weighted by atomic mass is 10.4. The molecule has 1 N–H and O–H groups in total. The highest BCUT2D eigenvalue weighted by Crippen LogP contribution is 2.24. The van der Waals surface area contributed by atoms with Crippen molar-refractivity contribution in [3.63, 3.8) is 0 Å². The van der Waals surface area contributed by atoms with Crippen molar-refractivity contribution in [1.29, 1.82) is 0 Å². The van der Waals surface area contributed by atoms with Crippen LogP contribution in [0.25, 0.3) is 0 Å². The van der Waals surface area contributed by atoms with Crippen LogP contribution < -0.4 is 4.74 Å². The molecule has 3 nitrogen and oxygen atoms in total. The molecule has 1 aromatic rings. The molecule has 0 fully saturated rings. The Balaban J connectivity index is 2.69. The number of carboxylic acid groups (broad SMARTS) is 1. The molecule has 0 radical (unpaired) electrons. The van der Waals surface area contributed by atoms with Gasteiger partial charge in [-0.2, -0.15) is 0 Å². The number of hydrogen-bond donors (Lipinski definition) is 1. The van der Waals surface area contributed by atoms with Crippen molar-refractivity contribution < 1.29 is 14.6 Å². The number of ether oxygens (including phenoxy) is 1. The fourth-order valence-corrected chi connectivity index (χ4v) is 1.42. The first kappa shape index (κ1) is 9.62. The van der Waals surface area contributed by atoms with E-state index in [1.54, 1.807) is 18.4 Å². The summed E-state index contributed by atoms with van der Waals surface area (Å²) in [4.78, 5) is 10.8. The largest absolute Gasteiger partial charge is 0.479 e. The SMILES string of the molecule is CC#CCOc1ccsc1C(=O)O. The maximum absolute atomic E-state index is 10.6. The molecule has 0 spiro atoms. The van der Waals surface area contributed by atoms with Crippen LogP contribution in [0.15, 0.2) is 11.4 Å². The Hall–Kier alpha value is -1.47. The molecule has 4 heteroatoms. The molecular formula is C9H8O3S. The minimum atomic E-state index is -0.963. The van der Waals surface area contributed by atoms with Gasteiger partial charge in [-0.05, 0) is 18.4 Å². The molecule has 1 heterocycles. The Kier molecular flexibility index (Phi) is 3.35. The Labute approximate surface area is 80.0 Å². The van der Waals surface area contributed by atoms with Gasteiger partial charge in [0.05, 0.1) is 0 Å². The van der Waals surface area contributed by atoms with Gasteiger partial charge in [-0.15, -0.1) is 17.3 Å². The van der Waals surface area contributed by atoms with E-state index in [4.69, 9.17) is 9.84 Å². The van der Waals surface area contributed by atoms with E-state index in [-0.39, 0.29) is 11.5 Å². The summed E-state index contributed by atoms with van der Waals surface area (Å²) in [7, 11) is 0. The van der Waals surface area contributed by atoms with E-state index < -0.39 is 5.97 Å². The van der Waals surface area contributed by atoms with Gasteiger partial charge in [-0.3, -0.25) is 0 Å². The summed E-state index contributed by atoms with van der Waals surface area (Å²) in [5, 5.41) is 10.4. The normalized spacial score (nSPS) is 8.69. The minimum Gasteiger partial charge on any atom is -0.479 e. The second kappa shape index (κ2) is 4.53. The molecule has 0 aromatic carbocycles. The predicted octanol–water partition coefficient (Wildman–Crippen LogP) is 1.85. The molecule has 0 saturated heterocycles. The van der Waals surface area contributed by atoms with Gasteiger partial charge in [0.1, 0.15) is 12.4 Å². The van der Waals surface area contributed by atoms with Crippen molar-refractivity contribution in [3.8, 4) is 17.6 Å². The van der Waals surface area contributed by atoms with Crippen LogP contribution >= 0.6 is 11.3 Å². The standard InChI is InChI=1S/C9H8O3S/c1-2-3-5-12-7-4-6-13-8(7)9(10)11/h4,6H,5H2,1H3,(H,10,11). The van der Waals surface area contributed by atoms with Crippen LogP contribution in [0, 0.1) is 11.8 Å². The van der Waals surface area contributed by atoms with E-state index in [1.165, 1.54) is 0 Å². The number of carbonyl (C=O) groups is 1. The maximum Gasteiger partial charge on any atom is 0.349 e. The highest BCUT2D eigenvalue weighted by molar-refractivity contribution is 7.12. The van der Waals surface area contributed by atoms with Gasteiger partial charge in [0, 0.05) is 0 Å². The summed E-state index contributed by atoms with van der Waals surface area (Å²) < 4.78 is 5.13. The number of carboxylic acids is 1. The van der Waals surface area contributed by atoms with Gasteiger partial charge in [0.25, 0.3) is 0 Å². The van der Waals surface area contributed by atoms with Crippen molar-refractivity contribution in [2.75, 3.05) is 6.61 Å². The van der Waals surface area contributed by atoms with Gasteiger partial charge in [0.15, 0.2) is 4.88 Å². The van der Waals surface area contributed by atoms with Crippen LogP contribution in [0.3, 0.4) is 0 Å². The smallest absolute Gasteiger partial charge is 0.349 e. The first-order valence-corrected chi connectivity index (χ1v) is 4.47. The summed E-state index contributed by atoms with van der Waals surface area (Å²) in [6.45, 7) is 1.93. The summed E-state index contributed by atoms with van der Waals surface area (Å²) >= 11 is 1.14. The average Bonchev–Trinajstić information content (AvgIpc) is 2.53. The quantitative estimate of drug-likeness (QED) is 0.750. The zero-order chi connectivity index (χ0) is 9.68. The monoisotopic (exact) mass is 196 g/mol. The molecule has 0 aliphatic rings. The number of rotatable bonds is 3. The zero-order valence-corrected chi connectivity index (χ0v) is 7.85. The van der Waals surface area contributed by atoms with Gasteiger partial charge >= 0.3 is 5.97 Å². The van der Waals surface area contributed by atoms with Crippen LogP contribution in [0.2, 0.25) is 0 Å². The van der Waals surface area contributed by atoms with Gasteiger partial charge in [-0.1, -0.05) is 5.92 Å². The van der Waals surface area contributed by atoms with E-state index in [0.717, 1.165) is 11.3 Å². The maximum atomic E-state index is 10.6. The average molecular weight is 196 g/mol. The molecular weight excluding hydrogens is 188 g/mol. The Morgan fingerprint density at radius 2 is 2.54 bits per heavy atom. The zero-order valence-electron chi connectivity index (χ0n) is 7.03. The highest BCUT2D eigenvalue weighted by atomic mass is 32.1. The van der Waals surface area contributed by atoms with Crippen LogP contribution in [0.5, 0.6) is 5.75 Å². The van der Waals surface area contributed by atoms with Gasteiger partial charge < -0.3 is 9.84 Å². The third kappa shape index (κ3) is 2.49. The highest BCUT2D eigenvalue weighted by Gasteiger charge is 2.11. The van der Waals surface area contributed by atoms with Crippen molar-refractivity contribution in [2.45, 2.75) is 6.92 Å². The van der Waals surface area contributed by atoms with Crippen LogP contribution in [0.1, 0.15) is 16.6 Å². The molecule has 1 aromatic heterocycles. The fraction of sp³-hybridized carbons (Fsp3) is 0.222. The first-order chi connectivity index (χ1) is 6.25. The van der Waals surface area contributed by atoms with Crippen LogP contribution in [-0.4, -0.2) is 17.7 Å². The van der Waals surface area contributed by atoms with Crippen molar-refractivity contribution >= 4 is 17.3 Å². The predicted molar refractivity (Wildman–Crippen MR) is 50.2 cm³/mol. The van der Waals surface area contributed by atoms with Crippen LogP contribution in [0.4, 0.5) is 0 Å². The van der Waals surface area contributed by atoms with E-state index in [2.05, 4.69) is 11.8 Å². The molecule has 1 rings (SSSR count). The molecule has 0 bridgehead atoms. The van der Waals surface area contributed by atoms with E-state index in [9.17, 15) is 4.79 Å². The molecule has 0 aliphatic carbocycles. The van der Waals surface area contributed by atoms with Gasteiger partial charge in [-0.25, -0.2) is 4.79 Å². The van der Waals surface area contributed by atoms with Crippen LogP contribution in [-0.2, 0) is 0 Å². The summed E-state index contributed by atoms with van der Waals surface area (Å²) in [5.41, 5.74) is 0. The van der Waals surface area contributed by atoms with E-state index in [0.29, 0.717) is 5.75 Å². The number of aromatic carboxylic acids is 1. The van der Waals surface area contributed by atoms with Crippen molar-refractivity contribution in [3.05, 3.63) is 16.3 Å². The third-order valence-corrected chi connectivity index (χ3v) is 2.18. The lowest BCUT2D eigenvalue weighted by molar-refractivity contribution is 0.0698. The lowest BCUT2D eigenvalue weighted by Crippen LogP contribution is -1.99. The number of thiophene rings is 1. The molecule has 13 heavy (non-hydrogen) atoms. The fourth-order valence-electron chi connectivity index (χ4n) is 0.753. The van der Waals surface area contributed by atoms with Crippen molar-refractivity contribution in [2.24, 2.45) is 0 Å². The molecule has 0 aliphatic heterocycles. The summed E-state index contributed by atoms with van der Waals surface area (Å²) in [6.07, 6.45) is 0. The number of hydrogen-bond acceptors (Lipinski definition) is 3. The van der Waals surface area contributed by atoms with E-state index in [1.807, 2.05) is 0 Å². The molecule has 0 unspecified atom stereocenters. The Morgan fingerprint density at radius 3 is 3.15 bits per heavy atom. The summed E-state index contributed by atoms with van der Waals surface area (Å²) in [6, 6.07) is 1.63. The third-order valence-electron chi connectivity index (χ3n) is 1.30. The molecule has 68 valence electrons. The topological polar surface area (TPSA) is 46.5 Å². The first-order valence-electron chi connectivity index (χ1n) is 3.59. The molecule has 0 saturated carbocycles. The second-order valence-electron chi connectivity index (χ2n) is 2.13. The van der Waals surface area contributed by atoms with E-state index >= 15 is 0 Å². The Morgan fingerprint density at radius 1 is 1.77 bits per heavy atom. The summed E-state index contributed by atoms with van der Waals surface area (Å²) in [5.74, 6) is 4.78. The lowest BCUT2D eigenvalue weighted by Gasteiger charge is -1.99. The molecule has 0 atom stereocenters. The van der Waals surface area contributed by atoms with Crippen molar-refractivity contribution in [1.82, 2.24) is 0 Å². The molecule has 0 amide bonds. The minimum absolute atomic E-state index is 0.220. The van der Waals surface area contributed by atoms with Gasteiger partial charge in [0.2, 0.25) is 0 Å². The Bertz CT molecular complexity index is 356. The second-order valence-corrected chi connectivity index (χ2v) is 3.05.